The zero-order valence-electron chi connectivity index (χ0n) is 17.3. The zero-order chi connectivity index (χ0) is 23.1. The molecule has 0 aliphatic heterocycles. The lowest BCUT2D eigenvalue weighted by Gasteiger charge is -2.10. The largest absolute Gasteiger partial charge is 0.497 e. The Hall–Kier alpha value is -4.47. The number of ether oxygens (including phenoxy) is 2. The molecule has 10 heteroatoms. The second-order valence-corrected chi connectivity index (χ2v) is 6.64. The number of anilines is 1. The van der Waals surface area contributed by atoms with E-state index < -0.39 is 15.5 Å². The number of hydrazone groups is 1. The van der Waals surface area contributed by atoms with Crippen LogP contribution in [0.5, 0.6) is 11.5 Å². The lowest BCUT2D eigenvalue weighted by Crippen LogP contribution is -2.09. The predicted octanol–water partition coefficient (Wildman–Crippen LogP) is 4.58. The highest BCUT2D eigenvalue weighted by Gasteiger charge is 2.19. The third-order valence-corrected chi connectivity index (χ3v) is 4.65. The van der Waals surface area contributed by atoms with Gasteiger partial charge >= 0.3 is 5.69 Å². The molecule has 10 nitrogen and oxygen atoms in total. The average molecular weight is 436 g/mol. The van der Waals surface area contributed by atoms with Gasteiger partial charge in [0.1, 0.15) is 17.2 Å². The number of nitrogens with zero attached hydrogens (tertiary/aromatic N) is 3. The normalized spacial score (nSPS) is 11.0. The van der Waals surface area contributed by atoms with Crippen LogP contribution in [0.2, 0.25) is 0 Å². The minimum atomic E-state index is -0.693. The van der Waals surface area contributed by atoms with Gasteiger partial charge < -0.3 is 9.47 Å². The fourth-order valence-corrected chi connectivity index (χ4v) is 2.93. The second kappa shape index (κ2) is 10.0. The number of nitrogens with one attached hydrogen (secondary N) is 1. The van der Waals surface area contributed by atoms with Crippen molar-refractivity contribution in [2.75, 3.05) is 19.6 Å². The molecule has 164 valence electrons. The van der Waals surface area contributed by atoms with Crippen LogP contribution >= 0.6 is 0 Å². The number of hydrogen-bond acceptors (Lipinski definition) is 8. The van der Waals surface area contributed by atoms with Crippen LogP contribution in [-0.2, 0) is 6.42 Å². The van der Waals surface area contributed by atoms with E-state index >= 15 is 0 Å². The molecule has 0 bridgehead atoms. The van der Waals surface area contributed by atoms with Crippen molar-refractivity contribution in [1.82, 2.24) is 0 Å². The molecule has 0 amide bonds. The van der Waals surface area contributed by atoms with Gasteiger partial charge in [0, 0.05) is 12.5 Å². The van der Waals surface area contributed by atoms with Gasteiger partial charge in [-0.05, 0) is 53.6 Å². The highest BCUT2D eigenvalue weighted by molar-refractivity contribution is 6.02. The summed E-state index contributed by atoms with van der Waals surface area (Å²) in [5.74, 6) is 1.40. The molecule has 0 aromatic heterocycles. The highest BCUT2D eigenvalue weighted by Crippen LogP contribution is 2.29. The summed E-state index contributed by atoms with van der Waals surface area (Å²) >= 11 is 0. The van der Waals surface area contributed by atoms with Crippen LogP contribution in [0.3, 0.4) is 0 Å². The first-order valence-corrected chi connectivity index (χ1v) is 9.44. The number of non-ortho nitro benzene ring substituents is 1. The van der Waals surface area contributed by atoms with E-state index in [-0.39, 0.29) is 11.4 Å². The van der Waals surface area contributed by atoms with Gasteiger partial charge in [-0.3, -0.25) is 25.7 Å². The van der Waals surface area contributed by atoms with Crippen molar-refractivity contribution >= 4 is 22.8 Å². The fraction of sp³-hybridized carbons (Fsp3) is 0.136. The van der Waals surface area contributed by atoms with E-state index in [1.54, 1.807) is 26.4 Å². The van der Waals surface area contributed by atoms with Crippen molar-refractivity contribution in [3.63, 3.8) is 0 Å². The van der Waals surface area contributed by atoms with E-state index in [0.29, 0.717) is 17.9 Å². The summed E-state index contributed by atoms with van der Waals surface area (Å²) in [6.45, 7) is 0. The average Bonchev–Trinajstić information content (AvgIpc) is 2.82. The van der Waals surface area contributed by atoms with Crippen molar-refractivity contribution < 1.29 is 19.3 Å². The van der Waals surface area contributed by atoms with E-state index in [4.69, 9.17) is 9.47 Å². The quantitative estimate of drug-likeness (QED) is 0.295. The number of nitro groups is 2. The van der Waals surface area contributed by atoms with Crippen LogP contribution in [0.1, 0.15) is 11.1 Å². The summed E-state index contributed by atoms with van der Waals surface area (Å²) in [6.07, 6.45) is 0.421. The number of nitro benzene ring substituents is 2. The van der Waals surface area contributed by atoms with Crippen LogP contribution in [0.4, 0.5) is 17.1 Å². The van der Waals surface area contributed by atoms with Gasteiger partial charge in [0.2, 0.25) is 0 Å². The maximum Gasteiger partial charge on any atom is 0.301 e. The summed E-state index contributed by atoms with van der Waals surface area (Å²) in [4.78, 5) is 21.0. The SMILES string of the molecule is COc1ccc(CC(=NNc2ccc([N+](=O)[O-])cc2[N+](=O)[O-])c2ccc(OC)cc2)cc1. The monoisotopic (exact) mass is 436 g/mol. The van der Waals surface area contributed by atoms with Crippen molar-refractivity contribution in [2.45, 2.75) is 6.42 Å². The number of methoxy groups -OCH3 is 2. The van der Waals surface area contributed by atoms with Crippen LogP contribution in [0.25, 0.3) is 0 Å². The fourth-order valence-electron chi connectivity index (χ4n) is 2.93. The molecule has 0 heterocycles. The lowest BCUT2D eigenvalue weighted by atomic mass is 10.0. The summed E-state index contributed by atoms with van der Waals surface area (Å²) in [6, 6.07) is 18.0. The Morgan fingerprint density at radius 3 is 2.00 bits per heavy atom. The first-order valence-electron chi connectivity index (χ1n) is 9.44. The number of benzene rings is 3. The summed E-state index contributed by atoms with van der Waals surface area (Å²) in [7, 11) is 3.15. The van der Waals surface area contributed by atoms with Gasteiger partial charge in [0.05, 0.1) is 35.8 Å². The molecule has 0 spiro atoms. The smallest absolute Gasteiger partial charge is 0.301 e. The zero-order valence-corrected chi connectivity index (χ0v) is 17.3. The van der Waals surface area contributed by atoms with Crippen LogP contribution in [-0.4, -0.2) is 29.8 Å². The van der Waals surface area contributed by atoms with Gasteiger partial charge in [0.25, 0.3) is 5.69 Å². The second-order valence-electron chi connectivity index (χ2n) is 6.64. The number of rotatable bonds is 9. The van der Waals surface area contributed by atoms with E-state index in [1.165, 1.54) is 12.1 Å². The highest BCUT2D eigenvalue weighted by atomic mass is 16.6. The molecule has 0 radical (unpaired) electrons. The van der Waals surface area contributed by atoms with Crippen LogP contribution in [0, 0.1) is 20.2 Å². The molecular formula is C22H20N4O6. The van der Waals surface area contributed by atoms with E-state index in [1.807, 2.05) is 36.4 Å². The molecule has 0 aliphatic rings. The van der Waals surface area contributed by atoms with Gasteiger partial charge in [0.15, 0.2) is 0 Å². The first-order chi connectivity index (χ1) is 15.4. The standard InChI is InChI=1S/C22H20N4O6/c1-31-18-8-3-15(4-9-18)13-21(16-5-10-19(32-2)11-6-16)24-23-20-12-7-17(25(27)28)14-22(20)26(29)30/h3-12,14,23H,13H2,1-2H3. The summed E-state index contributed by atoms with van der Waals surface area (Å²) < 4.78 is 10.4. The summed E-state index contributed by atoms with van der Waals surface area (Å²) in [5, 5.41) is 26.8. The Bertz CT molecular complexity index is 1140. The molecule has 32 heavy (non-hydrogen) atoms. The van der Waals surface area contributed by atoms with Crippen LogP contribution < -0.4 is 14.9 Å². The Morgan fingerprint density at radius 2 is 1.47 bits per heavy atom. The van der Waals surface area contributed by atoms with E-state index in [2.05, 4.69) is 10.5 Å². The third-order valence-electron chi connectivity index (χ3n) is 4.65. The van der Waals surface area contributed by atoms with Crippen molar-refractivity contribution in [1.29, 1.82) is 0 Å². The molecule has 3 rings (SSSR count). The van der Waals surface area contributed by atoms with Crippen LogP contribution in [0.15, 0.2) is 71.8 Å². The van der Waals surface area contributed by atoms with Crippen molar-refractivity contribution in [3.8, 4) is 11.5 Å². The van der Waals surface area contributed by atoms with Gasteiger partial charge in [-0.15, -0.1) is 0 Å². The number of hydrogen-bond donors (Lipinski definition) is 1. The maximum absolute atomic E-state index is 11.4. The summed E-state index contributed by atoms with van der Waals surface area (Å²) in [5.41, 5.74) is 4.25. The van der Waals surface area contributed by atoms with Gasteiger partial charge in [-0.2, -0.15) is 5.10 Å². The minimum absolute atomic E-state index is 0.0429. The molecular weight excluding hydrogens is 416 g/mol. The van der Waals surface area contributed by atoms with Crippen molar-refractivity contribution in [2.24, 2.45) is 5.10 Å². The van der Waals surface area contributed by atoms with E-state index in [9.17, 15) is 20.2 Å². The Morgan fingerprint density at radius 1 is 0.875 bits per heavy atom. The lowest BCUT2D eigenvalue weighted by molar-refractivity contribution is -0.393. The Kier molecular flexibility index (Phi) is 6.96. The van der Waals surface area contributed by atoms with Gasteiger partial charge in [-0.25, -0.2) is 0 Å². The van der Waals surface area contributed by atoms with E-state index in [0.717, 1.165) is 22.9 Å². The van der Waals surface area contributed by atoms with Crippen molar-refractivity contribution in [3.05, 3.63) is 98.1 Å². The molecule has 0 fully saturated rings. The molecule has 3 aromatic carbocycles. The van der Waals surface area contributed by atoms with Gasteiger partial charge in [-0.1, -0.05) is 12.1 Å². The Labute approximate surface area is 183 Å². The maximum atomic E-state index is 11.4. The molecule has 0 unspecified atom stereocenters. The topological polar surface area (TPSA) is 129 Å². The molecule has 0 atom stereocenters. The third kappa shape index (κ3) is 5.36. The molecule has 1 N–H and O–H groups in total. The molecule has 0 saturated heterocycles. The Balaban J connectivity index is 1.96. The molecule has 0 aliphatic carbocycles. The first kappa shape index (κ1) is 22.2. The predicted molar refractivity (Wildman–Crippen MR) is 120 cm³/mol. The molecule has 3 aromatic rings. The molecule has 0 saturated carbocycles. The minimum Gasteiger partial charge on any atom is -0.497 e.